The van der Waals surface area contributed by atoms with Crippen molar-refractivity contribution in [2.45, 2.75) is 24.8 Å². The van der Waals surface area contributed by atoms with Gasteiger partial charge in [0, 0.05) is 12.4 Å². The van der Waals surface area contributed by atoms with Crippen LogP contribution in [0.3, 0.4) is 0 Å². The van der Waals surface area contributed by atoms with Gasteiger partial charge in [0.2, 0.25) is 5.91 Å². The van der Waals surface area contributed by atoms with Crippen molar-refractivity contribution in [1.29, 1.82) is 0 Å². The lowest BCUT2D eigenvalue weighted by molar-refractivity contribution is -0.143. The van der Waals surface area contributed by atoms with Gasteiger partial charge in [-0.2, -0.15) is 0 Å². The summed E-state index contributed by atoms with van der Waals surface area (Å²) in [5.74, 6) is -1.26. The molecule has 2 aromatic rings. The zero-order valence-electron chi connectivity index (χ0n) is 10.2. The number of carboxylic acids is 1. The van der Waals surface area contributed by atoms with Crippen LogP contribution in [0.5, 0.6) is 0 Å². The maximum atomic E-state index is 11.8. The van der Waals surface area contributed by atoms with Crippen molar-refractivity contribution in [1.82, 2.24) is 14.7 Å². The van der Waals surface area contributed by atoms with E-state index in [-0.39, 0.29) is 12.3 Å². The molecule has 98 valence electrons. The first-order valence-electron chi connectivity index (χ1n) is 6.06. The fraction of sp³-hybridized carbons (Fsp3) is 0.308. The van der Waals surface area contributed by atoms with E-state index < -0.39 is 11.5 Å². The molecule has 1 aliphatic carbocycles. The maximum absolute atomic E-state index is 11.8. The molecule has 6 nitrogen and oxygen atoms in total. The molecule has 0 saturated heterocycles. The van der Waals surface area contributed by atoms with Crippen LogP contribution in [0.25, 0.3) is 5.65 Å². The van der Waals surface area contributed by atoms with Crippen LogP contribution in [-0.4, -0.2) is 31.9 Å². The molecule has 0 bridgehead atoms. The fourth-order valence-electron chi connectivity index (χ4n) is 2.07. The van der Waals surface area contributed by atoms with Crippen molar-refractivity contribution in [3.63, 3.8) is 0 Å². The fourth-order valence-corrected chi connectivity index (χ4v) is 2.07. The van der Waals surface area contributed by atoms with Gasteiger partial charge in [0.1, 0.15) is 11.2 Å². The second-order valence-electron chi connectivity index (χ2n) is 4.81. The molecule has 1 amide bonds. The lowest BCUT2D eigenvalue weighted by Crippen LogP contribution is -2.43. The Kier molecular flexibility index (Phi) is 2.51. The van der Waals surface area contributed by atoms with Gasteiger partial charge < -0.3 is 14.8 Å². The van der Waals surface area contributed by atoms with E-state index in [0.717, 1.165) is 5.65 Å². The number of amides is 1. The minimum Gasteiger partial charge on any atom is -0.480 e. The molecule has 2 N–H and O–H groups in total. The van der Waals surface area contributed by atoms with Crippen LogP contribution in [0.1, 0.15) is 18.5 Å². The predicted octanol–water partition coefficient (Wildman–Crippen LogP) is 0.610. The first-order chi connectivity index (χ1) is 9.09. The second kappa shape index (κ2) is 4.08. The number of rotatable bonds is 4. The minimum absolute atomic E-state index is 0.0940. The van der Waals surface area contributed by atoms with Crippen molar-refractivity contribution in [3.05, 3.63) is 36.3 Å². The Labute approximate surface area is 109 Å². The number of aliphatic carboxylic acids is 1. The number of hydrogen-bond acceptors (Lipinski definition) is 3. The molecule has 0 atom stereocenters. The highest BCUT2D eigenvalue weighted by Crippen LogP contribution is 2.35. The van der Waals surface area contributed by atoms with Gasteiger partial charge in [-0.15, -0.1) is 0 Å². The lowest BCUT2D eigenvalue weighted by atomic mass is 10.2. The van der Waals surface area contributed by atoms with Crippen LogP contribution in [0.4, 0.5) is 0 Å². The Morgan fingerprint density at radius 1 is 1.42 bits per heavy atom. The Hall–Kier alpha value is -2.37. The Morgan fingerprint density at radius 2 is 2.21 bits per heavy atom. The normalized spacial score (nSPS) is 16.2. The van der Waals surface area contributed by atoms with Gasteiger partial charge in [0.05, 0.1) is 12.1 Å². The summed E-state index contributed by atoms with van der Waals surface area (Å²) < 4.78 is 1.83. The van der Waals surface area contributed by atoms with E-state index in [1.54, 1.807) is 6.20 Å². The summed E-state index contributed by atoms with van der Waals surface area (Å²) in [5.41, 5.74) is 0.366. The third kappa shape index (κ3) is 2.16. The van der Waals surface area contributed by atoms with Crippen molar-refractivity contribution >= 4 is 17.5 Å². The van der Waals surface area contributed by atoms with Crippen molar-refractivity contribution < 1.29 is 14.7 Å². The SMILES string of the molecule is O=C(Cc1cn2ccccc2n1)NC1(C(=O)O)CC1. The molecule has 0 aliphatic heterocycles. The summed E-state index contributed by atoms with van der Waals surface area (Å²) in [6.07, 6.45) is 4.72. The molecule has 1 fully saturated rings. The second-order valence-corrected chi connectivity index (χ2v) is 4.81. The van der Waals surface area contributed by atoms with Gasteiger partial charge in [0.15, 0.2) is 0 Å². The van der Waals surface area contributed by atoms with Crippen LogP contribution in [0.15, 0.2) is 30.6 Å². The van der Waals surface area contributed by atoms with Crippen LogP contribution < -0.4 is 5.32 Å². The molecule has 19 heavy (non-hydrogen) atoms. The zero-order valence-corrected chi connectivity index (χ0v) is 10.2. The van der Waals surface area contributed by atoms with E-state index in [0.29, 0.717) is 18.5 Å². The third-order valence-electron chi connectivity index (χ3n) is 3.29. The van der Waals surface area contributed by atoms with Crippen LogP contribution in [-0.2, 0) is 16.0 Å². The first kappa shape index (κ1) is 11.7. The molecule has 6 heteroatoms. The molecule has 0 radical (unpaired) electrons. The van der Waals surface area contributed by atoms with Crippen LogP contribution >= 0.6 is 0 Å². The molecule has 1 saturated carbocycles. The summed E-state index contributed by atoms with van der Waals surface area (Å²) in [7, 11) is 0. The highest BCUT2D eigenvalue weighted by molar-refractivity contribution is 5.90. The van der Waals surface area contributed by atoms with Gasteiger partial charge in [-0.1, -0.05) is 6.07 Å². The summed E-state index contributed by atoms with van der Waals surface area (Å²) in [5, 5.41) is 11.6. The van der Waals surface area contributed by atoms with Crippen LogP contribution in [0, 0.1) is 0 Å². The van der Waals surface area contributed by atoms with Gasteiger partial charge >= 0.3 is 5.97 Å². The number of pyridine rings is 1. The van der Waals surface area contributed by atoms with E-state index in [1.807, 2.05) is 28.8 Å². The average molecular weight is 259 g/mol. The highest BCUT2D eigenvalue weighted by Gasteiger charge is 2.51. The van der Waals surface area contributed by atoms with Gasteiger partial charge in [0.25, 0.3) is 0 Å². The largest absolute Gasteiger partial charge is 0.480 e. The third-order valence-corrected chi connectivity index (χ3v) is 3.29. The molecule has 0 aromatic carbocycles. The smallest absolute Gasteiger partial charge is 0.329 e. The number of imidazole rings is 1. The topological polar surface area (TPSA) is 83.7 Å². The molecule has 0 spiro atoms. The number of fused-ring (bicyclic) bond motifs is 1. The molecule has 3 rings (SSSR count). The number of aromatic nitrogens is 2. The molecular formula is C13H13N3O3. The number of hydrogen-bond donors (Lipinski definition) is 2. The lowest BCUT2D eigenvalue weighted by Gasteiger charge is -2.11. The van der Waals surface area contributed by atoms with Crippen LogP contribution in [0.2, 0.25) is 0 Å². The summed E-state index contributed by atoms with van der Waals surface area (Å²) in [6, 6.07) is 5.60. The number of carboxylic acid groups (broad SMARTS) is 1. The van der Waals surface area contributed by atoms with Gasteiger partial charge in [-0.3, -0.25) is 4.79 Å². The molecule has 2 heterocycles. The summed E-state index contributed by atoms with van der Waals surface area (Å²) >= 11 is 0. The van der Waals surface area contributed by atoms with E-state index in [2.05, 4.69) is 10.3 Å². The first-order valence-corrected chi connectivity index (χ1v) is 6.06. The quantitative estimate of drug-likeness (QED) is 0.842. The predicted molar refractivity (Wildman–Crippen MR) is 66.6 cm³/mol. The van der Waals surface area contributed by atoms with Gasteiger partial charge in [-0.25, -0.2) is 9.78 Å². The standard InChI is InChI=1S/C13H13N3O3/c17-11(15-13(4-5-13)12(18)19)7-9-8-16-6-2-1-3-10(16)14-9/h1-3,6,8H,4-5,7H2,(H,15,17)(H,18,19). The Bertz CT molecular complexity index is 625. The average Bonchev–Trinajstić information content (AvgIpc) is 3.02. The maximum Gasteiger partial charge on any atom is 0.329 e. The van der Waals surface area contributed by atoms with E-state index in [4.69, 9.17) is 5.11 Å². The van der Waals surface area contributed by atoms with E-state index >= 15 is 0 Å². The van der Waals surface area contributed by atoms with Crippen molar-refractivity contribution in [2.75, 3.05) is 0 Å². The minimum atomic E-state index is -1.03. The number of carbonyl (C=O) groups is 2. The summed E-state index contributed by atoms with van der Waals surface area (Å²) in [4.78, 5) is 27.1. The number of carbonyl (C=O) groups excluding carboxylic acids is 1. The zero-order chi connectivity index (χ0) is 13.5. The van der Waals surface area contributed by atoms with E-state index in [1.165, 1.54) is 0 Å². The Morgan fingerprint density at radius 3 is 2.84 bits per heavy atom. The highest BCUT2D eigenvalue weighted by atomic mass is 16.4. The molecular weight excluding hydrogens is 246 g/mol. The van der Waals surface area contributed by atoms with Gasteiger partial charge in [-0.05, 0) is 25.0 Å². The number of nitrogens with zero attached hydrogens (tertiary/aromatic N) is 2. The molecule has 0 unspecified atom stereocenters. The monoisotopic (exact) mass is 259 g/mol. The van der Waals surface area contributed by atoms with Crippen molar-refractivity contribution in [2.24, 2.45) is 0 Å². The summed E-state index contributed by atoms with van der Waals surface area (Å²) in [6.45, 7) is 0. The van der Waals surface area contributed by atoms with E-state index in [9.17, 15) is 9.59 Å². The molecule has 1 aliphatic rings. The van der Waals surface area contributed by atoms with Crippen molar-refractivity contribution in [3.8, 4) is 0 Å². The Balaban J connectivity index is 1.71. The number of nitrogens with one attached hydrogen (secondary N) is 1. The molecule has 2 aromatic heterocycles.